The summed E-state index contributed by atoms with van der Waals surface area (Å²) in [4.78, 5) is 28.1. The van der Waals surface area contributed by atoms with Crippen molar-refractivity contribution < 1.29 is 13.8 Å². The van der Waals surface area contributed by atoms with Crippen LogP contribution in [-0.4, -0.2) is 23.1 Å². The molecule has 5 nitrogen and oxygen atoms in total. The third-order valence-corrected chi connectivity index (χ3v) is 6.87. The molecule has 0 bridgehead atoms. The van der Waals surface area contributed by atoms with Gasteiger partial charge in [-0.2, -0.15) is 0 Å². The number of halogens is 1. The fourth-order valence-electron chi connectivity index (χ4n) is 3.41. The number of fused-ring (bicyclic) bond motifs is 2. The lowest BCUT2D eigenvalue weighted by atomic mass is 10.1. The van der Waals surface area contributed by atoms with Crippen LogP contribution in [0.4, 0.5) is 5.69 Å². The van der Waals surface area contributed by atoms with Crippen molar-refractivity contribution in [3.63, 3.8) is 0 Å². The van der Waals surface area contributed by atoms with E-state index in [1.807, 2.05) is 19.1 Å². The largest absolute Gasteiger partial charge is 0.346 e. The van der Waals surface area contributed by atoms with Crippen LogP contribution in [0.2, 0.25) is 5.02 Å². The number of benzene rings is 3. The standard InChI is InChI=1S/C23H19ClN2O3S/c1-14(15-7-10-17(24)11-8-15)25-22(27)16-9-12-21-19(13-16)26(2)23(28)18-5-3-4-6-20(18)30(21)29/h3-14H,1-2H3,(H,25,27)/t14-,30?/m0/s1. The molecule has 0 saturated heterocycles. The van der Waals surface area contributed by atoms with Gasteiger partial charge >= 0.3 is 0 Å². The predicted molar refractivity (Wildman–Crippen MR) is 118 cm³/mol. The van der Waals surface area contributed by atoms with Crippen molar-refractivity contribution in [2.24, 2.45) is 0 Å². The minimum atomic E-state index is -1.52. The van der Waals surface area contributed by atoms with Crippen LogP contribution >= 0.6 is 11.6 Å². The number of rotatable bonds is 3. The fraction of sp³-hybridized carbons (Fsp3) is 0.130. The van der Waals surface area contributed by atoms with Crippen LogP contribution in [0.15, 0.2) is 76.5 Å². The van der Waals surface area contributed by atoms with Gasteiger partial charge in [-0.05, 0) is 55.0 Å². The molecule has 1 aliphatic heterocycles. The van der Waals surface area contributed by atoms with E-state index in [1.54, 1.807) is 61.6 Å². The van der Waals surface area contributed by atoms with Gasteiger partial charge in [-0.3, -0.25) is 9.59 Å². The normalized spacial score (nSPS) is 16.3. The van der Waals surface area contributed by atoms with Crippen molar-refractivity contribution in [1.29, 1.82) is 0 Å². The summed E-state index contributed by atoms with van der Waals surface area (Å²) >= 11 is 5.93. The van der Waals surface area contributed by atoms with E-state index in [1.165, 1.54) is 4.90 Å². The second kappa shape index (κ2) is 8.05. The SMILES string of the molecule is C[C@H](NC(=O)c1ccc2c(c1)N(C)C(=O)c1ccccc1S2=O)c1ccc(Cl)cc1. The molecule has 1 unspecified atom stereocenters. The molecule has 2 amide bonds. The molecule has 0 spiro atoms. The van der Waals surface area contributed by atoms with Crippen LogP contribution in [-0.2, 0) is 10.8 Å². The monoisotopic (exact) mass is 438 g/mol. The third kappa shape index (κ3) is 3.64. The zero-order valence-corrected chi connectivity index (χ0v) is 18.0. The Hall–Kier alpha value is -2.96. The quantitative estimate of drug-likeness (QED) is 0.650. The summed E-state index contributed by atoms with van der Waals surface area (Å²) in [6.07, 6.45) is 0. The minimum absolute atomic E-state index is 0.230. The highest BCUT2D eigenvalue weighted by Gasteiger charge is 2.29. The van der Waals surface area contributed by atoms with Crippen LogP contribution < -0.4 is 10.2 Å². The molecule has 3 aromatic rings. The Balaban J connectivity index is 1.65. The number of nitrogens with zero attached hydrogens (tertiary/aromatic N) is 1. The molecule has 7 heteroatoms. The molecule has 1 heterocycles. The molecule has 4 rings (SSSR count). The first-order valence-electron chi connectivity index (χ1n) is 9.36. The van der Waals surface area contributed by atoms with Gasteiger partial charge in [0.15, 0.2) is 0 Å². The number of hydrogen-bond acceptors (Lipinski definition) is 3. The van der Waals surface area contributed by atoms with Crippen molar-refractivity contribution in [2.45, 2.75) is 22.8 Å². The van der Waals surface area contributed by atoms with Crippen LogP contribution in [0.3, 0.4) is 0 Å². The van der Waals surface area contributed by atoms with Crippen LogP contribution in [0.25, 0.3) is 0 Å². The van der Waals surface area contributed by atoms with E-state index in [4.69, 9.17) is 11.6 Å². The van der Waals surface area contributed by atoms with Gasteiger partial charge in [0.2, 0.25) is 0 Å². The molecule has 152 valence electrons. The van der Waals surface area contributed by atoms with Gasteiger partial charge in [-0.15, -0.1) is 0 Å². The van der Waals surface area contributed by atoms with Crippen molar-refractivity contribution in [3.05, 3.63) is 88.4 Å². The van der Waals surface area contributed by atoms with E-state index < -0.39 is 10.8 Å². The second-order valence-corrected chi connectivity index (χ2v) is 8.91. The first-order chi connectivity index (χ1) is 14.4. The highest BCUT2D eigenvalue weighted by atomic mass is 35.5. The van der Waals surface area contributed by atoms with Crippen molar-refractivity contribution >= 4 is 39.9 Å². The summed E-state index contributed by atoms with van der Waals surface area (Å²) in [5, 5.41) is 3.58. The molecule has 3 aromatic carbocycles. The number of anilines is 1. The average Bonchev–Trinajstić information content (AvgIpc) is 2.84. The van der Waals surface area contributed by atoms with Crippen molar-refractivity contribution in [3.8, 4) is 0 Å². The van der Waals surface area contributed by atoms with Gasteiger partial charge in [0.05, 0.1) is 37.9 Å². The Bertz CT molecular complexity index is 1180. The molecule has 0 aromatic heterocycles. The van der Waals surface area contributed by atoms with Crippen molar-refractivity contribution in [1.82, 2.24) is 5.32 Å². The topological polar surface area (TPSA) is 66.5 Å². The molecule has 0 fully saturated rings. The molecule has 1 N–H and O–H groups in total. The van der Waals surface area contributed by atoms with Crippen LogP contribution in [0.5, 0.6) is 0 Å². The minimum Gasteiger partial charge on any atom is -0.346 e. The highest BCUT2D eigenvalue weighted by Crippen LogP contribution is 2.34. The third-order valence-electron chi connectivity index (χ3n) is 5.12. The molecule has 0 saturated carbocycles. The Labute approximate surface area is 182 Å². The van der Waals surface area contributed by atoms with E-state index in [-0.39, 0.29) is 17.9 Å². The Morgan fingerprint density at radius 3 is 2.47 bits per heavy atom. The summed E-state index contributed by atoms with van der Waals surface area (Å²) in [5.41, 5.74) is 2.17. The zero-order chi connectivity index (χ0) is 21.4. The number of carbonyl (C=O) groups excluding carboxylic acids is 2. The lowest BCUT2D eigenvalue weighted by Gasteiger charge is -2.19. The van der Waals surface area contributed by atoms with E-state index in [0.717, 1.165) is 5.56 Å². The highest BCUT2D eigenvalue weighted by molar-refractivity contribution is 7.85. The van der Waals surface area contributed by atoms with E-state index in [2.05, 4.69) is 5.32 Å². The summed E-state index contributed by atoms with van der Waals surface area (Å²) in [6.45, 7) is 1.88. The van der Waals surface area contributed by atoms with E-state index >= 15 is 0 Å². The molecule has 1 aliphatic rings. The maximum absolute atomic E-state index is 13.1. The fourth-order valence-corrected chi connectivity index (χ4v) is 4.90. The van der Waals surface area contributed by atoms with Gasteiger partial charge < -0.3 is 10.2 Å². The van der Waals surface area contributed by atoms with Crippen molar-refractivity contribution in [2.75, 3.05) is 11.9 Å². The van der Waals surface area contributed by atoms with Gasteiger partial charge in [0, 0.05) is 17.6 Å². The summed E-state index contributed by atoms with van der Waals surface area (Å²) in [7, 11) is 0.104. The first-order valence-corrected chi connectivity index (χ1v) is 10.9. The molecular formula is C23H19ClN2O3S. The van der Waals surface area contributed by atoms with Gasteiger partial charge in [0.25, 0.3) is 11.8 Å². The van der Waals surface area contributed by atoms with E-state index in [9.17, 15) is 13.8 Å². The molecule has 0 radical (unpaired) electrons. The van der Waals surface area contributed by atoms with E-state index in [0.29, 0.717) is 31.6 Å². The maximum atomic E-state index is 13.1. The van der Waals surface area contributed by atoms with Gasteiger partial charge in [0.1, 0.15) is 0 Å². The number of carbonyl (C=O) groups is 2. The second-order valence-electron chi connectivity index (χ2n) is 7.06. The molecular weight excluding hydrogens is 420 g/mol. The summed E-state index contributed by atoms with van der Waals surface area (Å²) < 4.78 is 13.1. The molecule has 30 heavy (non-hydrogen) atoms. The van der Waals surface area contributed by atoms with Gasteiger partial charge in [-0.1, -0.05) is 35.9 Å². The van der Waals surface area contributed by atoms with Crippen LogP contribution in [0, 0.1) is 0 Å². The average molecular weight is 439 g/mol. The Morgan fingerprint density at radius 1 is 1.03 bits per heavy atom. The Kier molecular flexibility index (Phi) is 5.45. The molecule has 0 aliphatic carbocycles. The lowest BCUT2D eigenvalue weighted by Crippen LogP contribution is -2.28. The smallest absolute Gasteiger partial charge is 0.259 e. The maximum Gasteiger partial charge on any atom is 0.259 e. The lowest BCUT2D eigenvalue weighted by molar-refractivity contribution is 0.0937. The summed E-state index contributed by atoms with van der Waals surface area (Å²) in [5.74, 6) is -0.543. The van der Waals surface area contributed by atoms with Gasteiger partial charge in [-0.25, -0.2) is 4.21 Å². The number of amides is 2. The summed E-state index contributed by atoms with van der Waals surface area (Å²) in [6, 6.07) is 18.8. The first kappa shape index (κ1) is 20.3. The molecule has 2 atom stereocenters. The predicted octanol–water partition coefficient (Wildman–Crippen LogP) is 4.59. The van der Waals surface area contributed by atoms with Crippen LogP contribution in [0.1, 0.15) is 39.2 Å². The number of nitrogens with one attached hydrogen (secondary N) is 1. The number of hydrogen-bond donors (Lipinski definition) is 1. The Morgan fingerprint density at radius 2 is 1.73 bits per heavy atom. The zero-order valence-electron chi connectivity index (χ0n) is 16.4.